The molecular formula is C51H106N2. The van der Waals surface area contributed by atoms with E-state index in [9.17, 15) is 0 Å². The van der Waals surface area contributed by atoms with E-state index in [0.717, 1.165) is 0 Å². The van der Waals surface area contributed by atoms with Crippen LogP contribution in [0, 0.1) is 0 Å². The van der Waals surface area contributed by atoms with Gasteiger partial charge in [0.25, 0.3) is 0 Å². The Morgan fingerprint density at radius 3 is 0.396 bits per heavy atom. The highest BCUT2D eigenvalue weighted by Crippen LogP contribution is 2.16. The number of nitrogens with zero attached hydrogens (tertiary/aromatic N) is 2. The van der Waals surface area contributed by atoms with Crippen LogP contribution >= 0.6 is 0 Å². The minimum Gasteiger partial charge on any atom is -0.303 e. The Morgan fingerprint density at radius 2 is 0.264 bits per heavy atom. The summed E-state index contributed by atoms with van der Waals surface area (Å²) in [5.41, 5.74) is 0. The molecule has 0 aromatic carbocycles. The highest BCUT2D eigenvalue weighted by molar-refractivity contribution is 4.63. The molecule has 53 heavy (non-hydrogen) atoms. The van der Waals surface area contributed by atoms with Crippen molar-refractivity contribution in [1.29, 1.82) is 0 Å². The highest BCUT2D eigenvalue weighted by atomic mass is 15.1. The van der Waals surface area contributed by atoms with Gasteiger partial charge in [-0.2, -0.15) is 0 Å². The van der Waals surface area contributed by atoms with Crippen molar-refractivity contribution < 1.29 is 0 Å². The van der Waals surface area contributed by atoms with Gasteiger partial charge in [-0.25, -0.2) is 0 Å². The van der Waals surface area contributed by atoms with Gasteiger partial charge in [0.15, 0.2) is 0 Å². The van der Waals surface area contributed by atoms with Crippen molar-refractivity contribution in [2.75, 3.05) is 39.3 Å². The first kappa shape index (κ1) is 52.9. The predicted molar refractivity (Wildman–Crippen MR) is 245 cm³/mol. The maximum absolute atomic E-state index is 2.88. The maximum atomic E-state index is 2.88. The van der Waals surface area contributed by atoms with Crippen molar-refractivity contribution in [3.05, 3.63) is 0 Å². The minimum atomic E-state index is 1.36. The first-order valence-corrected chi connectivity index (χ1v) is 25.7. The smallest absolute Gasteiger partial charge is 0.00187 e. The molecule has 2 heteroatoms. The summed E-state index contributed by atoms with van der Waals surface area (Å²) >= 11 is 0. The molecule has 0 atom stereocenters. The molecule has 0 amide bonds. The Bertz CT molecular complexity index is 523. The largest absolute Gasteiger partial charge is 0.303 e. The lowest BCUT2D eigenvalue weighted by Crippen LogP contribution is -2.27. The average Bonchev–Trinajstić information content (AvgIpc) is 3.17. The fourth-order valence-corrected chi connectivity index (χ4v) is 8.46. The SMILES string of the molecule is CCCCCCCCCCCN(CCCCCCCCCCC)CCCCCCCN(CCCCCCCCCCC)CCCCCCCCCCC. The van der Waals surface area contributed by atoms with Crippen LogP contribution in [0.1, 0.15) is 291 Å². The summed E-state index contributed by atoms with van der Waals surface area (Å²) in [5.74, 6) is 0. The van der Waals surface area contributed by atoms with Gasteiger partial charge in [-0.15, -0.1) is 0 Å². The van der Waals surface area contributed by atoms with Crippen LogP contribution < -0.4 is 0 Å². The van der Waals surface area contributed by atoms with Crippen molar-refractivity contribution in [2.45, 2.75) is 291 Å². The summed E-state index contributed by atoms with van der Waals surface area (Å²) in [6, 6.07) is 0. The first-order chi connectivity index (χ1) is 26.3. The van der Waals surface area contributed by atoms with Crippen LogP contribution in [-0.4, -0.2) is 49.1 Å². The molecule has 0 bridgehead atoms. The Morgan fingerprint density at radius 1 is 0.151 bits per heavy atom. The lowest BCUT2D eigenvalue weighted by molar-refractivity contribution is 0.248. The number of unbranched alkanes of at least 4 members (excludes halogenated alkanes) is 36. The third kappa shape index (κ3) is 44.5. The van der Waals surface area contributed by atoms with Crippen LogP contribution in [0.5, 0.6) is 0 Å². The molecule has 0 aromatic heterocycles. The molecular weight excluding hydrogens is 641 g/mol. The Hall–Kier alpha value is -0.0800. The zero-order valence-electron chi connectivity index (χ0n) is 38.1. The van der Waals surface area contributed by atoms with Gasteiger partial charge in [0.1, 0.15) is 0 Å². The molecule has 0 aliphatic heterocycles. The van der Waals surface area contributed by atoms with Crippen LogP contribution in [-0.2, 0) is 0 Å². The van der Waals surface area contributed by atoms with E-state index >= 15 is 0 Å². The van der Waals surface area contributed by atoms with E-state index in [-0.39, 0.29) is 0 Å². The van der Waals surface area contributed by atoms with Crippen molar-refractivity contribution in [3.8, 4) is 0 Å². The summed E-state index contributed by atoms with van der Waals surface area (Å²) in [5, 5.41) is 0. The van der Waals surface area contributed by atoms with Crippen LogP contribution in [0.2, 0.25) is 0 Å². The van der Waals surface area contributed by atoms with E-state index in [2.05, 4.69) is 37.5 Å². The lowest BCUT2D eigenvalue weighted by Gasteiger charge is -2.23. The van der Waals surface area contributed by atoms with Gasteiger partial charge >= 0.3 is 0 Å². The van der Waals surface area contributed by atoms with Gasteiger partial charge in [0.2, 0.25) is 0 Å². The Balaban J connectivity index is 4.38. The van der Waals surface area contributed by atoms with E-state index in [1.165, 1.54) is 303 Å². The van der Waals surface area contributed by atoms with Gasteiger partial charge in [0.05, 0.1) is 0 Å². The van der Waals surface area contributed by atoms with Crippen molar-refractivity contribution in [3.63, 3.8) is 0 Å². The van der Waals surface area contributed by atoms with Crippen LogP contribution in [0.15, 0.2) is 0 Å². The molecule has 0 N–H and O–H groups in total. The quantitative estimate of drug-likeness (QED) is 0.0572. The van der Waals surface area contributed by atoms with Crippen molar-refractivity contribution >= 4 is 0 Å². The summed E-state index contributed by atoms with van der Waals surface area (Å²) < 4.78 is 0. The number of hydrogen-bond donors (Lipinski definition) is 0. The van der Waals surface area contributed by atoms with E-state index in [0.29, 0.717) is 0 Å². The molecule has 0 spiro atoms. The molecule has 0 aliphatic carbocycles. The molecule has 2 nitrogen and oxygen atoms in total. The average molecular weight is 747 g/mol. The third-order valence-corrected chi connectivity index (χ3v) is 12.3. The zero-order valence-corrected chi connectivity index (χ0v) is 38.1. The Kier molecular flexibility index (Phi) is 48.0. The van der Waals surface area contributed by atoms with E-state index in [1.54, 1.807) is 0 Å². The molecule has 0 aliphatic rings. The normalized spacial score (nSPS) is 11.9. The summed E-state index contributed by atoms with van der Waals surface area (Å²) in [7, 11) is 0. The number of hydrogen-bond acceptors (Lipinski definition) is 2. The highest BCUT2D eigenvalue weighted by Gasteiger charge is 2.07. The first-order valence-electron chi connectivity index (χ1n) is 25.7. The topological polar surface area (TPSA) is 6.48 Å². The monoisotopic (exact) mass is 747 g/mol. The molecule has 0 saturated heterocycles. The lowest BCUT2D eigenvalue weighted by atomic mass is 10.1. The predicted octanol–water partition coefficient (Wildman–Crippen LogP) is 17.7. The molecule has 0 fully saturated rings. The van der Waals surface area contributed by atoms with E-state index in [4.69, 9.17) is 0 Å². The second kappa shape index (κ2) is 48.1. The van der Waals surface area contributed by atoms with Crippen LogP contribution in [0.3, 0.4) is 0 Å². The van der Waals surface area contributed by atoms with Gasteiger partial charge in [-0.3, -0.25) is 0 Å². The second-order valence-electron chi connectivity index (χ2n) is 17.8. The fraction of sp³-hybridized carbons (Fsp3) is 1.00. The molecule has 0 radical (unpaired) electrons. The summed E-state index contributed by atoms with van der Waals surface area (Å²) in [6.07, 6.45) is 59.3. The van der Waals surface area contributed by atoms with Gasteiger partial charge in [-0.1, -0.05) is 252 Å². The molecule has 320 valence electrons. The maximum Gasteiger partial charge on any atom is -0.00187 e. The molecule has 0 saturated carbocycles. The molecule has 0 unspecified atom stereocenters. The molecule has 0 rings (SSSR count). The van der Waals surface area contributed by atoms with E-state index < -0.39 is 0 Å². The molecule has 0 aromatic rings. The Labute approximate surface area is 339 Å². The van der Waals surface area contributed by atoms with Gasteiger partial charge in [0, 0.05) is 0 Å². The third-order valence-electron chi connectivity index (χ3n) is 12.3. The standard InChI is InChI=1S/C51H106N2/c1-5-9-13-17-21-25-29-34-40-46-52(47-41-35-30-26-22-18-14-10-6-2)50-44-38-33-39-45-51-53(48-42-36-31-27-23-19-15-11-7-3)49-43-37-32-28-24-20-16-12-8-4/h5-51H2,1-4H3. The van der Waals surface area contributed by atoms with Crippen molar-refractivity contribution in [1.82, 2.24) is 9.80 Å². The van der Waals surface area contributed by atoms with Crippen LogP contribution in [0.4, 0.5) is 0 Å². The minimum absolute atomic E-state index is 1.36. The second-order valence-corrected chi connectivity index (χ2v) is 17.8. The van der Waals surface area contributed by atoms with Crippen LogP contribution in [0.25, 0.3) is 0 Å². The summed E-state index contributed by atoms with van der Waals surface area (Å²) in [6.45, 7) is 17.5. The fourth-order valence-electron chi connectivity index (χ4n) is 8.46. The molecule has 0 heterocycles. The van der Waals surface area contributed by atoms with Crippen molar-refractivity contribution in [2.24, 2.45) is 0 Å². The van der Waals surface area contributed by atoms with Gasteiger partial charge in [-0.05, 0) is 77.8 Å². The van der Waals surface area contributed by atoms with Gasteiger partial charge < -0.3 is 9.80 Å². The summed E-state index contributed by atoms with van der Waals surface area (Å²) in [4.78, 5) is 5.75. The zero-order chi connectivity index (χ0) is 38.4. The number of rotatable bonds is 48. The van der Waals surface area contributed by atoms with E-state index in [1.807, 2.05) is 0 Å².